The minimum atomic E-state index is -1.41. The molecule has 0 aliphatic carbocycles. The summed E-state index contributed by atoms with van der Waals surface area (Å²) in [5, 5.41) is 25.9. The maximum atomic E-state index is 11.8. The Balaban J connectivity index is 3.16. The van der Waals surface area contributed by atoms with Crippen molar-refractivity contribution in [1.82, 2.24) is 9.78 Å². The topological polar surface area (TPSA) is 143 Å². The fraction of sp³-hybridized carbons (Fsp3) is 0.500. The molecule has 1 rings (SSSR count). The van der Waals surface area contributed by atoms with Crippen molar-refractivity contribution in [3.63, 3.8) is 0 Å². The number of hydrogen-bond donors (Lipinski definition) is 4. The first-order valence-corrected chi connectivity index (χ1v) is 6.34. The Labute approximate surface area is 126 Å². The van der Waals surface area contributed by atoms with Crippen LogP contribution in [0, 0.1) is 0 Å². The highest BCUT2D eigenvalue weighted by atomic mass is 16.6. The molecule has 1 heterocycles. The zero-order chi connectivity index (χ0) is 16.9. The predicted octanol–water partition coefficient (Wildman–Crippen LogP) is 1.12. The average Bonchev–Trinajstić information content (AvgIpc) is 2.65. The predicted molar refractivity (Wildman–Crippen MR) is 76.2 cm³/mol. The number of anilines is 2. The summed E-state index contributed by atoms with van der Waals surface area (Å²) in [5.74, 6) is -0.144. The van der Waals surface area contributed by atoms with Gasteiger partial charge in [0, 0.05) is 0 Å². The minimum Gasteiger partial charge on any atom is -0.465 e. The smallest absolute Gasteiger partial charge is 0.412 e. The molecule has 0 aliphatic rings. The highest BCUT2D eigenvalue weighted by molar-refractivity contribution is 5.99. The van der Waals surface area contributed by atoms with E-state index in [0.717, 1.165) is 4.68 Å². The van der Waals surface area contributed by atoms with Crippen molar-refractivity contribution < 1.29 is 29.3 Å². The van der Waals surface area contributed by atoms with Gasteiger partial charge in [-0.3, -0.25) is 15.4 Å². The number of ether oxygens (including phenoxy) is 1. The Kier molecular flexibility index (Phi) is 5.46. The number of aliphatic hydroxyl groups is 1. The fourth-order valence-corrected chi connectivity index (χ4v) is 1.58. The molecule has 2 amide bonds. The monoisotopic (exact) mass is 314 g/mol. The molecule has 1 aromatic heterocycles. The van der Waals surface area contributed by atoms with Gasteiger partial charge in [-0.15, -0.1) is 0 Å². The molecule has 0 fully saturated rings. The Bertz CT molecular complexity index is 575. The third kappa shape index (κ3) is 4.74. The van der Waals surface area contributed by atoms with Crippen LogP contribution < -0.4 is 10.6 Å². The highest BCUT2D eigenvalue weighted by Crippen LogP contribution is 2.26. The van der Waals surface area contributed by atoms with E-state index in [0.29, 0.717) is 6.29 Å². The van der Waals surface area contributed by atoms with E-state index in [-0.39, 0.29) is 30.4 Å². The highest BCUT2D eigenvalue weighted by Gasteiger charge is 2.23. The van der Waals surface area contributed by atoms with Crippen LogP contribution in [-0.4, -0.2) is 50.7 Å². The molecule has 10 nitrogen and oxygen atoms in total. The first-order chi connectivity index (χ1) is 10.2. The van der Waals surface area contributed by atoms with Gasteiger partial charge < -0.3 is 14.9 Å². The molecule has 4 N–H and O–H groups in total. The molecule has 0 bridgehead atoms. The van der Waals surface area contributed by atoms with E-state index in [9.17, 15) is 14.4 Å². The largest absolute Gasteiger partial charge is 0.465 e. The number of aliphatic hydroxyl groups excluding tert-OH is 1. The van der Waals surface area contributed by atoms with Crippen LogP contribution in [0.4, 0.5) is 21.1 Å². The number of nitrogens with one attached hydrogen (secondary N) is 2. The van der Waals surface area contributed by atoms with Gasteiger partial charge >= 0.3 is 12.2 Å². The standard InChI is InChI=1S/C12H18N4O6/c1-12(2,3)22-11(21)13-8-7(6-18)15-16(4-5-17)9(8)14-10(19)20/h6,14,17H,4-5H2,1-3H3,(H,13,21)(H,19,20). The molecular weight excluding hydrogens is 296 g/mol. The average molecular weight is 314 g/mol. The number of nitrogens with zero attached hydrogens (tertiary/aromatic N) is 2. The van der Waals surface area contributed by atoms with Gasteiger partial charge in [-0.25, -0.2) is 14.3 Å². The zero-order valence-corrected chi connectivity index (χ0v) is 12.4. The van der Waals surface area contributed by atoms with Crippen LogP contribution in [0.15, 0.2) is 0 Å². The first-order valence-electron chi connectivity index (χ1n) is 6.34. The second kappa shape index (κ2) is 6.89. The zero-order valence-electron chi connectivity index (χ0n) is 12.4. The van der Waals surface area contributed by atoms with E-state index in [1.807, 2.05) is 5.32 Å². The molecule has 0 aliphatic heterocycles. The summed E-state index contributed by atoms with van der Waals surface area (Å²) >= 11 is 0. The number of aldehydes is 1. The maximum Gasteiger partial charge on any atom is 0.412 e. The number of rotatable bonds is 5. The Morgan fingerprint density at radius 2 is 2.00 bits per heavy atom. The lowest BCUT2D eigenvalue weighted by molar-refractivity contribution is 0.0636. The van der Waals surface area contributed by atoms with Gasteiger partial charge in [-0.2, -0.15) is 5.10 Å². The van der Waals surface area contributed by atoms with Gasteiger partial charge in [0.2, 0.25) is 0 Å². The fourth-order valence-electron chi connectivity index (χ4n) is 1.58. The van der Waals surface area contributed by atoms with Crippen LogP contribution in [-0.2, 0) is 11.3 Å². The van der Waals surface area contributed by atoms with Crippen molar-refractivity contribution in [2.75, 3.05) is 17.2 Å². The molecule has 1 aromatic rings. The lowest BCUT2D eigenvalue weighted by Crippen LogP contribution is -2.28. The summed E-state index contributed by atoms with van der Waals surface area (Å²) < 4.78 is 6.10. The summed E-state index contributed by atoms with van der Waals surface area (Å²) in [4.78, 5) is 33.7. The lowest BCUT2D eigenvalue weighted by atomic mass is 10.2. The van der Waals surface area contributed by atoms with Crippen LogP contribution in [0.2, 0.25) is 0 Å². The summed E-state index contributed by atoms with van der Waals surface area (Å²) in [6.45, 7) is 4.56. The molecule has 0 unspecified atom stereocenters. The second-order valence-electron chi connectivity index (χ2n) is 5.23. The number of hydrogen-bond acceptors (Lipinski definition) is 6. The maximum absolute atomic E-state index is 11.8. The molecule has 122 valence electrons. The van der Waals surface area contributed by atoms with Crippen molar-refractivity contribution in [3.05, 3.63) is 5.69 Å². The summed E-state index contributed by atoms with van der Waals surface area (Å²) in [6, 6.07) is 0. The summed E-state index contributed by atoms with van der Waals surface area (Å²) in [5.41, 5.74) is -1.10. The van der Waals surface area contributed by atoms with E-state index in [4.69, 9.17) is 14.9 Å². The number of carbonyl (C=O) groups is 3. The van der Waals surface area contributed by atoms with Crippen LogP contribution in [0.5, 0.6) is 0 Å². The summed E-state index contributed by atoms with van der Waals surface area (Å²) in [7, 11) is 0. The van der Waals surface area contributed by atoms with Crippen molar-refractivity contribution in [2.24, 2.45) is 0 Å². The van der Waals surface area contributed by atoms with Gasteiger partial charge in [0.15, 0.2) is 17.8 Å². The van der Waals surface area contributed by atoms with Gasteiger partial charge in [0.05, 0.1) is 13.2 Å². The van der Waals surface area contributed by atoms with Crippen LogP contribution in [0.1, 0.15) is 31.3 Å². The molecule has 10 heteroatoms. The number of carboxylic acid groups (broad SMARTS) is 1. The van der Waals surface area contributed by atoms with E-state index in [1.54, 1.807) is 20.8 Å². The molecule has 0 saturated carbocycles. The van der Waals surface area contributed by atoms with Crippen molar-refractivity contribution >= 4 is 30.0 Å². The molecule has 0 radical (unpaired) electrons. The first kappa shape index (κ1) is 17.4. The molecular formula is C12H18N4O6. The Morgan fingerprint density at radius 1 is 1.36 bits per heavy atom. The SMILES string of the molecule is CC(C)(C)OC(=O)Nc1c(C=O)nn(CCO)c1NC(=O)O. The van der Waals surface area contributed by atoms with E-state index in [2.05, 4.69) is 10.4 Å². The summed E-state index contributed by atoms with van der Waals surface area (Å²) in [6.07, 6.45) is -1.93. The normalized spacial score (nSPS) is 10.9. The molecule has 22 heavy (non-hydrogen) atoms. The third-order valence-corrected chi connectivity index (χ3v) is 2.25. The third-order valence-electron chi connectivity index (χ3n) is 2.25. The van der Waals surface area contributed by atoms with Crippen LogP contribution in [0.3, 0.4) is 0 Å². The molecule has 0 saturated heterocycles. The van der Waals surface area contributed by atoms with Crippen molar-refractivity contribution in [2.45, 2.75) is 32.9 Å². The molecule has 0 aromatic carbocycles. The number of carbonyl (C=O) groups excluding carboxylic acids is 2. The van der Waals surface area contributed by atoms with E-state index in [1.165, 1.54) is 0 Å². The van der Waals surface area contributed by atoms with Gasteiger partial charge in [-0.05, 0) is 20.8 Å². The van der Waals surface area contributed by atoms with Gasteiger partial charge in [0.25, 0.3) is 0 Å². The Morgan fingerprint density at radius 3 is 2.45 bits per heavy atom. The van der Waals surface area contributed by atoms with E-state index < -0.39 is 17.8 Å². The molecule has 0 spiro atoms. The van der Waals surface area contributed by atoms with Crippen LogP contribution in [0.25, 0.3) is 0 Å². The van der Waals surface area contributed by atoms with E-state index >= 15 is 0 Å². The van der Waals surface area contributed by atoms with Crippen molar-refractivity contribution in [1.29, 1.82) is 0 Å². The van der Waals surface area contributed by atoms with Gasteiger partial charge in [0.1, 0.15) is 11.3 Å². The van der Waals surface area contributed by atoms with Crippen molar-refractivity contribution in [3.8, 4) is 0 Å². The second-order valence-corrected chi connectivity index (χ2v) is 5.23. The number of amides is 2. The lowest BCUT2D eigenvalue weighted by Gasteiger charge is -2.19. The quantitative estimate of drug-likeness (QED) is 0.596. The van der Waals surface area contributed by atoms with Crippen LogP contribution >= 0.6 is 0 Å². The van der Waals surface area contributed by atoms with Gasteiger partial charge in [-0.1, -0.05) is 0 Å². The Hall–Kier alpha value is -2.62. The number of aromatic nitrogens is 2. The molecule has 0 atom stereocenters. The minimum absolute atomic E-state index is 0.0630.